The van der Waals surface area contributed by atoms with Gasteiger partial charge in [-0.25, -0.2) is 8.42 Å². The molecular weight excluding hydrogens is 416 g/mol. The number of methoxy groups -OCH3 is 2. The van der Waals surface area contributed by atoms with E-state index in [1.54, 1.807) is 25.1 Å². The van der Waals surface area contributed by atoms with Crippen LogP contribution in [0.2, 0.25) is 0 Å². The fraction of sp³-hybridized carbons (Fsp3) is 0.435. The van der Waals surface area contributed by atoms with Crippen LogP contribution in [0.1, 0.15) is 38.8 Å². The number of hydrogen-bond donors (Lipinski definition) is 1. The number of amides is 1. The SMILES string of the molecule is COc1ccc(OC)c(N(C(C)C(=O)NC(CC(C)C)c2ccccc2)S(C)(=O)=O)c1. The van der Waals surface area contributed by atoms with E-state index in [9.17, 15) is 13.2 Å². The third-order valence-corrected chi connectivity index (χ3v) is 6.17. The van der Waals surface area contributed by atoms with Crippen LogP contribution in [-0.2, 0) is 14.8 Å². The molecule has 0 bridgehead atoms. The normalized spacial score (nSPS) is 13.4. The number of rotatable bonds is 10. The lowest BCUT2D eigenvalue weighted by atomic mass is 9.96. The summed E-state index contributed by atoms with van der Waals surface area (Å²) >= 11 is 0. The van der Waals surface area contributed by atoms with Crippen LogP contribution < -0.4 is 19.1 Å². The number of hydrogen-bond acceptors (Lipinski definition) is 5. The average Bonchev–Trinajstić information content (AvgIpc) is 2.72. The van der Waals surface area contributed by atoms with Gasteiger partial charge in [-0.2, -0.15) is 0 Å². The third kappa shape index (κ3) is 6.37. The Labute approximate surface area is 185 Å². The molecule has 2 aromatic carbocycles. The molecule has 31 heavy (non-hydrogen) atoms. The third-order valence-electron chi connectivity index (χ3n) is 4.94. The monoisotopic (exact) mass is 448 g/mol. The summed E-state index contributed by atoms with van der Waals surface area (Å²) in [7, 11) is -0.868. The van der Waals surface area contributed by atoms with Gasteiger partial charge in [-0.3, -0.25) is 9.10 Å². The molecule has 0 aliphatic carbocycles. The number of nitrogens with zero attached hydrogens (tertiary/aromatic N) is 1. The molecule has 0 saturated carbocycles. The van der Waals surface area contributed by atoms with Crippen LogP contribution in [0, 0.1) is 5.92 Å². The van der Waals surface area contributed by atoms with Gasteiger partial charge in [0, 0.05) is 6.07 Å². The summed E-state index contributed by atoms with van der Waals surface area (Å²) in [5.41, 5.74) is 1.22. The summed E-state index contributed by atoms with van der Waals surface area (Å²) in [5.74, 6) is 0.724. The van der Waals surface area contributed by atoms with Gasteiger partial charge in [0.15, 0.2) is 0 Å². The highest BCUT2D eigenvalue weighted by molar-refractivity contribution is 7.92. The maximum atomic E-state index is 13.2. The van der Waals surface area contributed by atoms with Gasteiger partial charge in [-0.15, -0.1) is 0 Å². The lowest BCUT2D eigenvalue weighted by molar-refractivity contribution is -0.122. The lowest BCUT2D eigenvalue weighted by Crippen LogP contribution is -2.48. The Morgan fingerprint density at radius 3 is 2.19 bits per heavy atom. The lowest BCUT2D eigenvalue weighted by Gasteiger charge is -2.31. The van der Waals surface area contributed by atoms with Gasteiger partial charge in [0.05, 0.1) is 32.2 Å². The average molecular weight is 449 g/mol. The van der Waals surface area contributed by atoms with Crippen molar-refractivity contribution >= 4 is 21.6 Å². The van der Waals surface area contributed by atoms with Crippen molar-refractivity contribution in [1.82, 2.24) is 5.32 Å². The second-order valence-corrected chi connectivity index (χ2v) is 9.73. The summed E-state index contributed by atoms with van der Waals surface area (Å²) in [4.78, 5) is 13.2. The van der Waals surface area contributed by atoms with Crippen molar-refractivity contribution in [2.24, 2.45) is 5.92 Å². The van der Waals surface area contributed by atoms with Crippen LogP contribution in [0.4, 0.5) is 5.69 Å². The Morgan fingerprint density at radius 1 is 1.03 bits per heavy atom. The van der Waals surface area contributed by atoms with E-state index in [0.717, 1.165) is 22.5 Å². The first-order valence-corrected chi connectivity index (χ1v) is 12.0. The highest BCUT2D eigenvalue weighted by Crippen LogP contribution is 2.35. The van der Waals surface area contributed by atoms with Crippen molar-refractivity contribution in [2.45, 2.75) is 39.3 Å². The Bertz CT molecular complexity index is 977. The van der Waals surface area contributed by atoms with Crippen molar-refractivity contribution in [3.05, 3.63) is 54.1 Å². The topological polar surface area (TPSA) is 84.9 Å². The standard InChI is InChI=1S/C23H32N2O5S/c1-16(2)14-20(18-10-8-7-9-11-18)24-23(26)17(3)25(31(6,27)28)21-15-19(29-4)12-13-22(21)30-5/h7-13,15-17,20H,14H2,1-6H3,(H,24,26). The number of carbonyl (C=O) groups excluding carboxylic acids is 1. The van der Waals surface area contributed by atoms with E-state index in [4.69, 9.17) is 9.47 Å². The summed E-state index contributed by atoms with van der Waals surface area (Å²) < 4.78 is 37.1. The van der Waals surface area contributed by atoms with Crippen LogP contribution >= 0.6 is 0 Å². The van der Waals surface area contributed by atoms with Crippen molar-refractivity contribution in [3.8, 4) is 11.5 Å². The zero-order valence-corrected chi connectivity index (χ0v) is 19.8. The molecule has 8 heteroatoms. The minimum absolute atomic E-state index is 0.232. The number of anilines is 1. The zero-order valence-electron chi connectivity index (χ0n) is 19.0. The van der Waals surface area contributed by atoms with Gasteiger partial charge in [0.25, 0.3) is 0 Å². The zero-order chi connectivity index (χ0) is 23.2. The summed E-state index contributed by atoms with van der Waals surface area (Å²) in [5, 5.41) is 3.04. The van der Waals surface area contributed by atoms with Crippen molar-refractivity contribution in [2.75, 3.05) is 24.8 Å². The Hall–Kier alpha value is -2.74. The summed E-state index contributed by atoms with van der Waals surface area (Å²) in [6, 6.07) is 13.3. The van der Waals surface area contributed by atoms with Crippen LogP contribution in [0.15, 0.2) is 48.5 Å². The molecule has 2 rings (SSSR count). The van der Waals surface area contributed by atoms with Crippen LogP contribution in [-0.4, -0.2) is 40.8 Å². The van der Waals surface area contributed by atoms with Crippen molar-refractivity contribution in [1.29, 1.82) is 0 Å². The highest BCUT2D eigenvalue weighted by atomic mass is 32.2. The maximum Gasteiger partial charge on any atom is 0.244 e. The van der Waals surface area contributed by atoms with E-state index in [0.29, 0.717) is 17.4 Å². The molecule has 2 unspecified atom stereocenters. The Kier molecular flexibility index (Phi) is 8.33. The van der Waals surface area contributed by atoms with Gasteiger partial charge in [-0.1, -0.05) is 44.2 Å². The Morgan fingerprint density at radius 2 is 1.68 bits per heavy atom. The van der Waals surface area contributed by atoms with Gasteiger partial charge < -0.3 is 14.8 Å². The van der Waals surface area contributed by atoms with E-state index >= 15 is 0 Å². The molecule has 1 N–H and O–H groups in total. The smallest absolute Gasteiger partial charge is 0.244 e. The first kappa shape index (κ1) is 24.5. The molecule has 0 heterocycles. The minimum Gasteiger partial charge on any atom is -0.497 e. The molecule has 170 valence electrons. The molecule has 0 aliphatic rings. The molecule has 1 amide bonds. The quantitative estimate of drug-likeness (QED) is 0.598. The van der Waals surface area contributed by atoms with E-state index in [1.165, 1.54) is 14.2 Å². The first-order valence-electron chi connectivity index (χ1n) is 10.1. The molecule has 0 spiro atoms. The number of sulfonamides is 1. The largest absolute Gasteiger partial charge is 0.497 e. The van der Waals surface area contributed by atoms with E-state index in [1.807, 2.05) is 30.3 Å². The Balaban J connectivity index is 2.41. The minimum atomic E-state index is -3.81. The molecule has 0 saturated heterocycles. The second-order valence-electron chi connectivity index (χ2n) is 7.87. The molecule has 2 aromatic rings. The van der Waals surface area contributed by atoms with Crippen molar-refractivity contribution < 1.29 is 22.7 Å². The molecule has 0 aromatic heterocycles. The predicted octanol–water partition coefficient (Wildman–Crippen LogP) is 3.76. The van der Waals surface area contributed by atoms with Crippen LogP contribution in [0.25, 0.3) is 0 Å². The maximum absolute atomic E-state index is 13.2. The van der Waals surface area contributed by atoms with E-state index < -0.39 is 22.0 Å². The van der Waals surface area contributed by atoms with E-state index in [2.05, 4.69) is 19.2 Å². The summed E-state index contributed by atoms with van der Waals surface area (Å²) in [6.07, 6.45) is 1.79. The highest BCUT2D eigenvalue weighted by Gasteiger charge is 2.33. The molecule has 7 nitrogen and oxygen atoms in total. The molecular formula is C23H32N2O5S. The number of benzene rings is 2. The van der Waals surface area contributed by atoms with Gasteiger partial charge in [-0.05, 0) is 37.0 Å². The summed E-state index contributed by atoms with van der Waals surface area (Å²) in [6.45, 7) is 5.72. The fourth-order valence-corrected chi connectivity index (χ4v) is 4.65. The molecule has 2 atom stereocenters. The second kappa shape index (κ2) is 10.5. The van der Waals surface area contributed by atoms with Crippen LogP contribution in [0.3, 0.4) is 0 Å². The first-order chi connectivity index (χ1) is 14.6. The predicted molar refractivity (Wildman–Crippen MR) is 123 cm³/mol. The van der Waals surface area contributed by atoms with Crippen LogP contribution in [0.5, 0.6) is 11.5 Å². The fourth-order valence-electron chi connectivity index (χ4n) is 3.48. The van der Waals surface area contributed by atoms with Gasteiger partial charge in [0.1, 0.15) is 17.5 Å². The molecule has 0 radical (unpaired) electrons. The number of carbonyl (C=O) groups is 1. The van der Waals surface area contributed by atoms with Gasteiger partial charge >= 0.3 is 0 Å². The van der Waals surface area contributed by atoms with E-state index in [-0.39, 0.29) is 11.7 Å². The van der Waals surface area contributed by atoms with Crippen molar-refractivity contribution in [3.63, 3.8) is 0 Å². The number of nitrogens with one attached hydrogen (secondary N) is 1. The molecule has 0 fully saturated rings. The molecule has 0 aliphatic heterocycles. The van der Waals surface area contributed by atoms with Gasteiger partial charge in [0.2, 0.25) is 15.9 Å². The number of ether oxygens (including phenoxy) is 2.